The molecule has 0 amide bonds. The SMILES string of the molecule is CN=C(NCc1cccc(Cn2ccnc2C)c1)NC(C)c1ccc(C)c(F)c1. The lowest BCUT2D eigenvalue weighted by atomic mass is 10.1. The minimum Gasteiger partial charge on any atom is -0.352 e. The Morgan fingerprint density at radius 2 is 1.97 bits per heavy atom. The van der Waals surface area contributed by atoms with E-state index in [1.807, 2.05) is 32.3 Å². The average molecular weight is 394 g/mol. The van der Waals surface area contributed by atoms with Crippen LogP contribution < -0.4 is 10.6 Å². The molecule has 0 aliphatic rings. The van der Waals surface area contributed by atoms with Gasteiger partial charge in [0.15, 0.2) is 5.96 Å². The van der Waals surface area contributed by atoms with Crippen molar-refractivity contribution >= 4 is 5.96 Å². The number of rotatable bonds is 6. The summed E-state index contributed by atoms with van der Waals surface area (Å²) in [6.45, 7) is 7.20. The quantitative estimate of drug-likeness (QED) is 0.489. The number of hydrogen-bond acceptors (Lipinski definition) is 2. The van der Waals surface area contributed by atoms with Gasteiger partial charge >= 0.3 is 0 Å². The van der Waals surface area contributed by atoms with Gasteiger partial charge < -0.3 is 15.2 Å². The minimum atomic E-state index is -0.191. The maximum atomic E-state index is 13.8. The highest BCUT2D eigenvalue weighted by Gasteiger charge is 2.10. The lowest BCUT2D eigenvalue weighted by Crippen LogP contribution is -2.38. The van der Waals surface area contributed by atoms with Gasteiger partial charge in [0.05, 0.1) is 6.04 Å². The monoisotopic (exact) mass is 393 g/mol. The maximum absolute atomic E-state index is 13.8. The molecule has 3 rings (SSSR count). The van der Waals surface area contributed by atoms with Gasteiger partial charge in [0.25, 0.3) is 0 Å². The molecular weight excluding hydrogens is 365 g/mol. The van der Waals surface area contributed by atoms with Crippen LogP contribution in [0.5, 0.6) is 0 Å². The molecule has 29 heavy (non-hydrogen) atoms. The lowest BCUT2D eigenvalue weighted by molar-refractivity contribution is 0.607. The number of nitrogens with zero attached hydrogens (tertiary/aromatic N) is 3. The zero-order chi connectivity index (χ0) is 20.8. The van der Waals surface area contributed by atoms with Gasteiger partial charge in [0.2, 0.25) is 0 Å². The van der Waals surface area contributed by atoms with Gasteiger partial charge in [-0.3, -0.25) is 4.99 Å². The zero-order valence-electron chi connectivity index (χ0n) is 17.4. The van der Waals surface area contributed by atoms with Crippen molar-refractivity contribution in [3.05, 3.63) is 88.8 Å². The van der Waals surface area contributed by atoms with E-state index in [1.165, 1.54) is 5.56 Å². The Bertz CT molecular complexity index is 992. The third-order valence-corrected chi connectivity index (χ3v) is 5.00. The molecule has 0 saturated carbocycles. The molecule has 5 nitrogen and oxygen atoms in total. The van der Waals surface area contributed by atoms with Gasteiger partial charge in [-0.15, -0.1) is 0 Å². The second-order valence-electron chi connectivity index (χ2n) is 7.22. The fourth-order valence-corrected chi connectivity index (χ4v) is 3.15. The molecule has 0 bridgehead atoms. The van der Waals surface area contributed by atoms with Crippen molar-refractivity contribution in [3.8, 4) is 0 Å². The van der Waals surface area contributed by atoms with Gasteiger partial charge in [-0.25, -0.2) is 9.37 Å². The van der Waals surface area contributed by atoms with E-state index >= 15 is 0 Å². The number of guanidine groups is 1. The molecule has 0 aliphatic carbocycles. The van der Waals surface area contributed by atoms with Gasteiger partial charge in [-0.2, -0.15) is 0 Å². The Morgan fingerprint density at radius 3 is 2.66 bits per heavy atom. The predicted molar refractivity (Wildman–Crippen MR) is 115 cm³/mol. The summed E-state index contributed by atoms with van der Waals surface area (Å²) >= 11 is 0. The van der Waals surface area contributed by atoms with Crippen molar-refractivity contribution < 1.29 is 4.39 Å². The van der Waals surface area contributed by atoms with E-state index in [-0.39, 0.29) is 11.9 Å². The van der Waals surface area contributed by atoms with Crippen LogP contribution in [-0.4, -0.2) is 22.6 Å². The molecule has 1 atom stereocenters. The molecule has 0 fully saturated rings. The van der Waals surface area contributed by atoms with Crippen molar-refractivity contribution in [2.75, 3.05) is 7.05 Å². The van der Waals surface area contributed by atoms with Crippen molar-refractivity contribution in [2.45, 2.75) is 39.9 Å². The van der Waals surface area contributed by atoms with Gasteiger partial charge in [-0.1, -0.05) is 36.4 Å². The van der Waals surface area contributed by atoms with Crippen molar-refractivity contribution in [1.29, 1.82) is 0 Å². The van der Waals surface area contributed by atoms with Crippen LogP contribution in [-0.2, 0) is 13.1 Å². The van der Waals surface area contributed by atoms with Crippen LogP contribution in [0.4, 0.5) is 4.39 Å². The molecule has 0 saturated heterocycles. The standard InChI is InChI=1S/C23H28FN5/c1-16-8-9-21(13-22(16)24)17(2)28-23(25-4)27-14-19-6-5-7-20(12-19)15-29-11-10-26-18(29)3/h5-13,17H,14-15H2,1-4H3,(H2,25,27,28). The first-order valence-electron chi connectivity index (χ1n) is 9.75. The highest BCUT2D eigenvalue weighted by Crippen LogP contribution is 2.16. The summed E-state index contributed by atoms with van der Waals surface area (Å²) in [4.78, 5) is 8.56. The maximum Gasteiger partial charge on any atom is 0.191 e. The first-order chi connectivity index (χ1) is 14.0. The van der Waals surface area contributed by atoms with E-state index in [0.717, 1.165) is 23.5 Å². The summed E-state index contributed by atoms with van der Waals surface area (Å²) in [5, 5.41) is 6.65. The van der Waals surface area contributed by atoms with E-state index in [1.54, 1.807) is 26.1 Å². The van der Waals surface area contributed by atoms with Crippen molar-refractivity contribution in [2.24, 2.45) is 4.99 Å². The van der Waals surface area contributed by atoms with E-state index < -0.39 is 0 Å². The summed E-state index contributed by atoms with van der Waals surface area (Å²) in [7, 11) is 1.73. The highest BCUT2D eigenvalue weighted by atomic mass is 19.1. The van der Waals surface area contributed by atoms with Crippen molar-refractivity contribution in [1.82, 2.24) is 20.2 Å². The van der Waals surface area contributed by atoms with Crippen LogP contribution in [0.2, 0.25) is 0 Å². The number of halogens is 1. The molecule has 6 heteroatoms. The first kappa shape index (κ1) is 20.6. The molecular formula is C23H28FN5. The summed E-state index contributed by atoms with van der Waals surface area (Å²) in [5.41, 5.74) is 3.91. The lowest BCUT2D eigenvalue weighted by Gasteiger charge is -2.19. The number of aryl methyl sites for hydroxylation is 2. The van der Waals surface area contributed by atoms with Crippen LogP contribution in [0.1, 0.15) is 41.0 Å². The Balaban J connectivity index is 1.59. The predicted octanol–water partition coefficient (Wildman–Crippen LogP) is 4.11. The number of benzene rings is 2. The van der Waals surface area contributed by atoms with Crippen LogP contribution >= 0.6 is 0 Å². The summed E-state index contributed by atoms with van der Waals surface area (Å²) in [6.07, 6.45) is 3.80. The molecule has 0 radical (unpaired) electrons. The topological polar surface area (TPSA) is 54.2 Å². The van der Waals surface area contributed by atoms with Crippen LogP contribution in [0, 0.1) is 19.7 Å². The fraction of sp³-hybridized carbons (Fsp3) is 0.304. The van der Waals surface area contributed by atoms with Gasteiger partial charge in [0.1, 0.15) is 11.6 Å². The van der Waals surface area contributed by atoms with Gasteiger partial charge in [0, 0.05) is 32.5 Å². The first-order valence-corrected chi connectivity index (χ1v) is 9.75. The summed E-state index contributed by atoms with van der Waals surface area (Å²) in [5.74, 6) is 1.48. The van der Waals surface area contributed by atoms with Crippen LogP contribution in [0.3, 0.4) is 0 Å². The Morgan fingerprint density at radius 1 is 1.17 bits per heavy atom. The normalized spacial score (nSPS) is 12.7. The van der Waals surface area contributed by atoms with E-state index in [2.05, 4.69) is 49.4 Å². The number of imidazole rings is 1. The molecule has 152 valence electrons. The molecule has 1 unspecified atom stereocenters. The largest absolute Gasteiger partial charge is 0.352 e. The second-order valence-corrected chi connectivity index (χ2v) is 7.22. The zero-order valence-corrected chi connectivity index (χ0v) is 17.4. The third-order valence-electron chi connectivity index (χ3n) is 5.00. The van der Waals surface area contributed by atoms with Gasteiger partial charge in [-0.05, 0) is 49.1 Å². The number of nitrogens with one attached hydrogen (secondary N) is 2. The smallest absolute Gasteiger partial charge is 0.191 e. The molecule has 2 N–H and O–H groups in total. The molecule has 1 heterocycles. The summed E-state index contributed by atoms with van der Waals surface area (Å²) in [6, 6.07) is 13.7. The number of aliphatic imine (C=N–C) groups is 1. The van der Waals surface area contributed by atoms with E-state index in [9.17, 15) is 4.39 Å². The molecule has 3 aromatic rings. The van der Waals surface area contributed by atoms with Crippen molar-refractivity contribution in [3.63, 3.8) is 0 Å². The highest BCUT2D eigenvalue weighted by molar-refractivity contribution is 5.80. The molecule has 1 aromatic heterocycles. The van der Waals surface area contributed by atoms with Crippen LogP contribution in [0.25, 0.3) is 0 Å². The molecule has 2 aromatic carbocycles. The Labute approximate surface area is 171 Å². The third kappa shape index (κ3) is 5.44. The van der Waals surface area contributed by atoms with E-state index in [0.29, 0.717) is 18.1 Å². The minimum absolute atomic E-state index is 0.0631. The summed E-state index contributed by atoms with van der Waals surface area (Å²) < 4.78 is 16.0. The molecule has 0 spiro atoms. The Kier molecular flexibility index (Phi) is 6.65. The second kappa shape index (κ2) is 9.37. The van der Waals surface area contributed by atoms with E-state index in [4.69, 9.17) is 0 Å². The average Bonchev–Trinajstić information content (AvgIpc) is 3.11. The fourth-order valence-electron chi connectivity index (χ4n) is 3.15. The van der Waals surface area contributed by atoms with Crippen LogP contribution in [0.15, 0.2) is 59.9 Å². The number of hydrogen-bond donors (Lipinski definition) is 2. The molecule has 0 aliphatic heterocycles. The Hall–Kier alpha value is -3.15. The number of aromatic nitrogens is 2.